The van der Waals surface area contributed by atoms with E-state index in [2.05, 4.69) is 10.6 Å². The second-order valence-corrected chi connectivity index (χ2v) is 7.91. The molecule has 0 radical (unpaired) electrons. The van der Waals surface area contributed by atoms with E-state index in [1.807, 2.05) is 38.1 Å². The predicted molar refractivity (Wildman–Crippen MR) is 114 cm³/mol. The minimum Gasteiger partial charge on any atom is -0.497 e. The molecule has 0 saturated carbocycles. The number of carbonyl (C=O) groups excluding carboxylic acids is 2. The molecule has 2 N–H and O–H groups in total. The van der Waals surface area contributed by atoms with Crippen LogP contribution in [-0.4, -0.2) is 37.0 Å². The van der Waals surface area contributed by atoms with Gasteiger partial charge in [0.15, 0.2) is 0 Å². The van der Waals surface area contributed by atoms with Gasteiger partial charge in [0.2, 0.25) is 5.91 Å². The Kier molecular flexibility index (Phi) is 6.42. The Bertz CT molecular complexity index is 849. The number of urea groups is 1. The lowest BCUT2D eigenvalue weighted by Gasteiger charge is -2.39. The number of nitrogens with one attached hydrogen (secondary N) is 2. The van der Waals surface area contributed by atoms with Crippen LogP contribution in [0.1, 0.15) is 30.9 Å². The summed E-state index contributed by atoms with van der Waals surface area (Å²) in [6.45, 7) is 5.51. The van der Waals surface area contributed by atoms with Crippen molar-refractivity contribution >= 4 is 17.6 Å². The number of hydrogen-bond acceptors (Lipinski definition) is 3. The Morgan fingerprint density at radius 1 is 1.10 bits per heavy atom. The Labute approximate surface area is 172 Å². The fraction of sp³-hybridized carbons (Fsp3) is 0.391. The molecule has 29 heavy (non-hydrogen) atoms. The topological polar surface area (TPSA) is 70.7 Å². The average Bonchev–Trinajstić information content (AvgIpc) is 2.73. The summed E-state index contributed by atoms with van der Waals surface area (Å²) in [5.74, 6) is 0.721. The highest BCUT2D eigenvalue weighted by atomic mass is 16.5. The number of rotatable bonds is 5. The molecule has 1 aliphatic heterocycles. The highest BCUT2D eigenvalue weighted by Gasteiger charge is 2.39. The normalized spacial score (nSPS) is 18.8. The standard InChI is InChI=1S/C23H29N3O3/c1-17-5-7-18(8-6-17)15-24-21(27)23(2)13-4-14-26(16-23)22(28)25-19-9-11-20(29-3)12-10-19/h5-12H,4,13-16H2,1-3H3,(H,24,27)(H,25,28)/t23-/m0/s1. The smallest absolute Gasteiger partial charge is 0.321 e. The Hall–Kier alpha value is -3.02. The number of hydrogen-bond donors (Lipinski definition) is 2. The van der Waals surface area contributed by atoms with Crippen LogP contribution >= 0.6 is 0 Å². The largest absolute Gasteiger partial charge is 0.497 e. The van der Waals surface area contributed by atoms with Gasteiger partial charge in [0.1, 0.15) is 5.75 Å². The van der Waals surface area contributed by atoms with Crippen LogP contribution in [0.5, 0.6) is 5.75 Å². The van der Waals surface area contributed by atoms with Gasteiger partial charge in [0, 0.05) is 25.3 Å². The molecule has 1 heterocycles. The van der Waals surface area contributed by atoms with E-state index in [9.17, 15) is 9.59 Å². The summed E-state index contributed by atoms with van der Waals surface area (Å²) in [5, 5.41) is 5.94. The molecule has 154 valence electrons. The predicted octanol–water partition coefficient (Wildman–Crippen LogP) is 3.95. The van der Waals surface area contributed by atoms with Crippen molar-refractivity contribution < 1.29 is 14.3 Å². The lowest BCUT2D eigenvalue weighted by atomic mass is 9.81. The maximum atomic E-state index is 12.9. The molecule has 0 aromatic heterocycles. The van der Waals surface area contributed by atoms with Crippen LogP contribution in [0.3, 0.4) is 0 Å². The summed E-state index contributed by atoms with van der Waals surface area (Å²) >= 11 is 0. The highest BCUT2D eigenvalue weighted by Crippen LogP contribution is 2.30. The first kappa shape index (κ1) is 20.7. The number of anilines is 1. The number of nitrogens with zero attached hydrogens (tertiary/aromatic N) is 1. The van der Waals surface area contributed by atoms with E-state index < -0.39 is 5.41 Å². The number of aryl methyl sites for hydroxylation is 1. The molecular weight excluding hydrogens is 366 g/mol. The van der Waals surface area contributed by atoms with E-state index in [1.165, 1.54) is 5.56 Å². The SMILES string of the molecule is COc1ccc(NC(=O)N2CCC[C@](C)(C(=O)NCc3ccc(C)cc3)C2)cc1. The molecule has 1 atom stereocenters. The van der Waals surface area contributed by atoms with Gasteiger partial charge in [-0.25, -0.2) is 4.79 Å². The molecule has 0 aliphatic carbocycles. The van der Waals surface area contributed by atoms with Crippen molar-refractivity contribution in [3.63, 3.8) is 0 Å². The van der Waals surface area contributed by atoms with E-state index in [4.69, 9.17) is 4.74 Å². The van der Waals surface area contributed by atoms with Crippen molar-refractivity contribution in [2.45, 2.75) is 33.2 Å². The summed E-state index contributed by atoms with van der Waals surface area (Å²) in [5.41, 5.74) is 2.36. The van der Waals surface area contributed by atoms with Crippen molar-refractivity contribution in [3.05, 3.63) is 59.7 Å². The molecular formula is C23H29N3O3. The molecule has 0 unspecified atom stereocenters. The third-order valence-corrected chi connectivity index (χ3v) is 5.45. The zero-order valence-electron chi connectivity index (χ0n) is 17.3. The summed E-state index contributed by atoms with van der Waals surface area (Å²) in [4.78, 5) is 27.3. The first-order chi connectivity index (χ1) is 13.9. The first-order valence-corrected chi connectivity index (χ1v) is 9.93. The van der Waals surface area contributed by atoms with E-state index >= 15 is 0 Å². The molecule has 0 bridgehead atoms. The van der Waals surface area contributed by atoms with Gasteiger partial charge in [-0.05, 0) is 56.5 Å². The first-order valence-electron chi connectivity index (χ1n) is 9.93. The number of methoxy groups -OCH3 is 1. The maximum absolute atomic E-state index is 12.9. The van der Waals surface area contributed by atoms with Gasteiger partial charge < -0.3 is 20.3 Å². The van der Waals surface area contributed by atoms with Crippen LogP contribution in [0.4, 0.5) is 10.5 Å². The molecule has 1 saturated heterocycles. The molecule has 2 aromatic rings. The van der Waals surface area contributed by atoms with Crippen molar-refractivity contribution in [2.24, 2.45) is 5.41 Å². The molecule has 1 aliphatic rings. The zero-order valence-corrected chi connectivity index (χ0v) is 17.3. The van der Waals surface area contributed by atoms with Crippen molar-refractivity contribution in [2.75, 3.05) is 25.5 Å². The number of carbonyl (C=O) groups is 2. The van der Waals surface area contributed by atoms with Gasteiger partial charge >= 0.3 is 6.03 Å². The van der Waals surface area contributed by atoms with Crippen LogP contribution in [0.2, 0.25) is 0 Å². The third kappa shape index (κ3) is 5.28. The minimum atomic E-state index is -0.597. The van der Waals surface area contributed by atoms with Gasteiger partial charge in [-0.1, -0.05) is 29.8 Å². The second kappa shape index (κ2) is 8.99. The Balaban J connectivity index is 1.57. The van der Waals surface area contributed by atoms with Gasteiger partial charge in [-0.3, -0.25) is 4.79 Å². The van der Waals surface area contributed by atoms with E-state index in [-0.39, 0.29) is 11.9 Å². The van der Waals surface area contributed by atoms with Gasteiger partial charge in [0.05, 0.1) is 12.5 Å². The van der Waals surface area contributed by atoms with Gasteiger partial charge in [-0.2, -0.15) is 0 Å². The second-order valence-electron chi connectivity index (χ2n) is 7.91. The molecule has 2 aromatic carbocycles. The lowest BCUT2D eigenvalue weighted by molar-refractivity contribution is -0.132. The van der Waals surface area contributed by atoms with Crippen molar-refractivity contribution in [1.29, 1.82) is 0 Å². The minimum absolute atomic E-state index is 0.0139. The number of piperidine rings is 1. The van der Waals surface area contributed by atoms with Crippen molar-refractivity contribution in [3.8, 4) is 5.75 Å². The van der Waals surface area contributed by atoms with Crippen molar-refractivity contribution in [1.82, 2.24) is 10.2 Å². The quantitative estimate of drug-likeness (QED) is 0.805. The van der Waals surface area contributed by atoms with E-state index in [0.717, 1.165) is 24.2 Å². The number of amides is 3. The molecule has 1 fully saturated rings. The zero-order chi connectivity index (χ0) is 20.9. The molecule has 6 heteroatoms. The lowest BCUT2D eigenvalue weighted by Crippen LogP contribution is -2.52. The molecule has 3 rings (SSSR count). The molecule has 3 amide bonds. The van der Waals surface area contributed by atoms with Crippen LogP contribution in [0.25, 0.3) is 0 Å². The van der Waals surface area contributed by atoms with Crippen LogP contribution in [0, 0.1) is 12.3 Å². The van der Waals surface area contributed by atoms with E-state index in [0.29, 0.717) is 25.3 Å². The van der Waals surface area contributed by atoms with Gasteiger partial charge in [-0.15, -0.1) is 0 Å². The number of ether oxygens (including phenoxy) is 1. The van der Waals surface area contributed by atoms with Gasteiger partial charge in [0.25, 0.3) is 0 Å². The fourth-order valence-corrected chi connectivity index (χ4v) is 3.58. The monoisotopic (exact) mass is 395 g/mol. The van der Waals surface area contributed by atoms with Crippen LogP contribution in [-0.2, 0) is 11.3 Å². The summed E-state index contributed by atoms with van der Waals surface area (Å²) in [6, 6.07) is 15.1. The van der Waals surface area contributed by atoms with E-state index in [1.54, 1.807) is 36.3 Å². The number of likely N-dealkylation sites (tertiary alicyclic amines) is 1. The molecule has 6 nitrogen and oxygen atoms in total. The third-order valence-electron chi connectivity index (χ3n) is 5.45. The Morgan fingerprint density at radius 2 is 1.79 bits per heavy atom. The summed E-state index contributed by atoms with van der Waals surface area (Å²) in [6.07, 6.45) is 1.56. The fourth-order valence-electron chi connectivity index (χ4n) is 3.58. The number of benzene rings is 2. The Morgan fingerprint density at radius 3 is 2.45 bits per heavy atom. The maximum Gasteiger partial charge on any atom is 0.321 e. The summed E-state index contributed by atoms with van der Waals surface area (Å²) < 4.78 is 5.14. The van der Waals surface area contributed by atoms with Crippen LogP contribution < -0.4 is 15.4 Å². The highest BCUT2D eigenvalue weighted by molar-refractivity contribution is 5.90. The summed E-state index contributed by atoms with van der Waals surface area (Å²) in [7, 11) is 1.60. The van der Waals surface area contributed by atoms with Crippen LogP contribution in [0.15, 0.2) is 48.5 Å². The average molecular weight is 396 g/mol. The molecule has 0 spiro atoms.